The molecule has 0 aliphatic carbocycles. The van der Waals surface area contributed by atoms with Crippen molar-refractivity contribution in [3.63, 3.8) is 0 Å². The van der Waals surface area contributed by atoms with E-state index >= 15 is 0 Å². The maximum Gasteiger partial charge on any atom is 0.159 e. The summed E-state index contributed by atoms with van der Waals surface area (Å²) in [6.07, 6.45) is 3.90. The number of alkyl halides is 1. The molecule has 4 nitrogen and oxygen atoms in total. The predicted molar refractivity (Wildman–Crippen MR) is 84.5 cm³/mol. The second-order valence-corrected chi connectivity index (χ2v) is 6.34. The van der Waals surface area contributed by atoms with Gasteiger partial charge >= 0.3 is 0 Å². The van der Waals surface area contributed by atoms with Gasteiger partial charge in [-0.25, -0.2) is 4.98 Å². The molecular weight excluding hydrogens is 272 g/mol. The molecule has 0 radical (unpaired) electrons. The first-order valence-electron chi connectivity index (χ1n) is 7.45. The molecule has 0 spiro atoms. The van der Waals surface area contributed by atoms with Crippen LogP contribution in [0.15, 0.2) is 0 Å². The van der Waals surface area contributed by atoms with Crippen molar-refractivity contribution < 1.29 is 0 Å². The molecule has 2 aromatic rings. The Hall–Kier alpha value is -1.03. The minimum absolute atomic E-state index is 0.0213. The van der Waals surface area contributed by atoms with Crippen LogP contribution in [-0.4, -0.2) is 25.2 Å². The molecular formula is C15H25ClN4. The van der Waals surface area contributed by atoms with Gasteiger partial charge in [0.25, 0.3) is 0 Å². The van der Waals surface area contributed by atoms with Crippen molar-refractivity contribution in [1.29, 1.82) is 0 Å². The van der Waals surface area contributed by atoms with Gasteiger partial charge < -0.3 is 4.57 Å². The van der Waals surface area contributed by atoms with Crippen LogP contribution in [-0.2, 0) is 25.4 Å². The molecule has 0 atom stereocenters. The number of aromatic nitrogens is 4. The molecule has 20 heavy (non-hydrogen) atoms. The lowest BCUT2D eigenvalue weighted by molar-refractivity contribution is 0.337. The highest BCUT2D eigenvalue weighted by Crippen LogP contribution is 2.30. The molecule has 0 aliphatic heterocycles. The molecule has 0 aromatic carbocycles. The molecule has 0 unspecified atom stereocenters. The quantitative estimate of drug-likeness (QED) is 0.763. The molecule has 0 fully saturated rings. The number of nitrogens with zero attached hydrogens (tertiary/aromatic N) is 4. The Bertz CT molecular complexity index is 595. The van der Waals surface area contributed by atoms with E-state index in [1.807, 2.05) is 11.7 Å². The number of hydrogen-bond donors (Lipinski definition) is 0. The molecule has 0 saturated heterocycles. The third-order valence-electron chi connectivity index (χ3n) is 4.05. The number of fused-ring (bicyclic) bond motifs is 1. The SMILES string of the molecule is CCCc1nn(C)c2c1nc(CCCl)n2C(C)(C)CC. The van der Waals surface area contributed by atoms with Gasteiger partial charge in [0.05, 0.1) is 5.69 Å². The van der Waals surface area contributed by atoms with Gasteiger partial charge in [-0.05, 0) is 26.7 Å². The highest BCUT2D eigenvalue weighted by atomic mass is 35.5. The van der Waals surface area contributed by atoms with E-state index in [-0.39, 0.29) is 5.54 Å². The fourth-order valence-electron chi connectivity index (χ4n) is 2.68. The second kappa shape index (κ2) is 5.76. The third kappa shape index (κ3) is 2.46. The number of imidazole rings is 1. The summed E-state index contributed by atoms with van der Waals surface area (Å²) in [5.74, 6) is 1.67. The fourth-order valence-corrected chi connectivity index (χ4v) is 2.85. The highest BCUT2D eigenvalue weighted by Gasteiger charge is 2.27. The van der Waals surface area contributed by atoms with E-state index in [1.165, 1.54) is 0 Å². The van der Waals surface area contributed by atoms with Gasteiger partial charge in [-0.2, -0.15) is 5.10 Å². The monoisotopic (exact) mass is 296 g/mol. The molecule has 0 N–H and O–H groups in total. The summed E-state index contributed by atoms with van der Waals surface area (Å²) in [5, 5.41) is 4.65. The van der Waals surface area contributed by atoms with E-state index in [0.717, 1.165) is 48.4 Å². The molecule has 0 bridgehead atoms. The molecule has 112 valence electrons. The third-order valence-corrected chi connectivity index (χ3v) is 4.24. The summed E-state index contributed by atoms with van der Waals surface area (Å²) in [4.78, 5) is 4.85. The van der Waals surface area contributed by atoms with Gasteiger partial charge in [0.2, 0.25) is 0 Å². The number of aryl methyl sites for hydroxylation is 3. The van der Waals surface area contributed by atoms with Crippen LogP contribution in [0.4, 0.5) is 0 Å². The Labute approximate surface area is 126 Å². The van der Waals surface area contributed by atoms with E-state index in [9.17, 15) is 0 Å². The molecule has 0 aliphatic rings. The van der Waals surface area contributed by atoms with Crippen LogP contribution in [0, 0.1) is 0 Å². The molecule has 0 saturated carbocycles. The molecule has 0 amide bonds. The van der Waals surface area contributed by atoms with Crippen LogP contribution in [0.5, 0.6) is 0 Å². The van der Waals surface area contributed by atoms with Crippen molar-refractivity contribution in [1.82, 2.24) is 19.3 Å². The van der Waals surface area contributed by atoms with Crippen LogP contribution in [0.3, 0.4) is 0 Å². The van der Waals surface area contributed by atoms with Gasteiger partial charge in [-0.15, -0.1) is 11.6 Å². The predicted octanol–water partition coefficient (Wildman–Crippen LogP) is 3.65. The van der Waals surface area contributed by atoms with Crippen molar-refractivity contribution in [2.75, 3.05) is 5.88 Å². The van der Waals surface area contributed by atoms with Crippen LogP contribution in [0.1, 0.15) is 52.1 Å². The Balaban J connectivity index is 2.71. The van der Waals surface area contributed by atoms with Gasteiger partial charge in [0, 0.05) is 24.9 Å². The lowest BCUT2D eigenvalue weighted by atomic mass is 10.0. The second-order valence-electron chi connectivity index (χ2n) is 5.96. The average Bonchev–Trinajstić information content (AvgIpc) is 2.90. The molecule has 2 heterocycles. The zero-order chi connectivity index (χ0) is 14.9. The first-order chi connectivity index (χ1) is 9.46. The lowest BCUT2D eigenvalue weighted by Crippen LogP contribution is -2.28. The van der Waals surface area contributed by atoms with E-state index in [1.54, 1.807) is 0 Å². The summed E-state index contributed by atoms with van der Waals surface area (Å²) in [6, 6.07) is 0. The Morgan fingerprint density at radius 2 is 1.90 bits per heavy atom. The summed E-state index contributed by atoms with van der Waals surface area (Å²) >= 11 is 5.96. The van der Waals surface area contributed by atoms with Crippen molar-refractivity contribution in [3.8, 4) is 0 Å². The number of halogens is 1. The highest BCUT2D eigenvalue weighted by molar-refractivity contribution is 6.17. The lowest BCUT2D eigenvalue weighted by Gasteiger charge is -2.27. The van der Waals surface area contributed by atoms with Crippen molar-refractivity contribution in [2.45, 2.75) is 58.9 Å². The fraction of sp³-hybridized carbons (Fsp3) is 0.733. The zero-order valence-electron chi connectivity index (χ0n) is 13.2. The number of hydrogen-bond acceptors (Lipinski definition) is 2. The summed E-state index contributed by atoms with van der Waals surface area (Å²) in [6.45, 7) is 8.88. The van der Waals surface area contributed by atoms with Gasteiger partial charge in [0.1, 0.15) is 11.3 Å². The van der Waals surface area contributed by atoms with Crippen molar-refractivity contribution in [3.05, 3.63) is 11.5 Å². The summed E-state index contributed by atoms with van der Waals surface area (Å²) in [7, 11) is 2.01. The average molecular weight is 297 g/mol. The minimum atomic E-state index is 0.0213. The van der Waals surface area contributed by atoms with Crippen molar-refractivity contribution >= 4 is 22.8 Å². The van der Waals surface area contributed by atoms with Crippen LogP contribution >= 0.6 is 11.6 Å². The zero-order valence-corrected chi connectivity index (χ0v) is 14.0. The summed E-state index contributed by atoms with van der Waals surface area (Å²) in [5.41, 5.74) is 3.30. The van der Waals surface area contributed by atoms with Crippen LogP contribution < -0.4 is 0 Å². The normalized spacial score (nSPS) is 12.5. The Morgan fingerprint density at radius 1 is 1.20 bits per heavy atom. The van der Waals surface area contributed by atoms with E-state index in [2.05, 4.69) is 37.4 Å². The molecule has 5 heteroatoms. The minimum Gasteiger partial charge on any atom is -0.307 e. The molecule has 2 aromatic heterocycles. The van der Waals surface area contributed by atoms with E-state index in [0.29, 0.717) is 5.88 Å². The maximum absolute atomic E-state index is 5.96. The van der Waals surface area contributed by atoms with Gasteiger partial charge in [-0.3, -0.25) is 4.68 Å². The van der Waals surface area contributed by atoms with Crippen LogP contribution in [0.25, 0.3) is 11.2 Å². The van der Waals surface area contributed by atoms with Gasteiger partial charge in [-0.1, -0.05) is 20.3 Å². The standard InChI is InChI=1S/C15H25ClN4/c1-6-8-11-13-14(19(5)18-11)20(15(3,4)7-2)12(17-13)9-10-16/h6-10H2,1-5H3. The Kier molecular flexibility index (Phi) is 4.43. The Morgan fingerprint density at radius 3 is 2.45 bits per heavy atom. The molecule has 2 rings (SSSR count). The largest absolute Gasteiger partial charge is 0.307 e. The maximum atomic E-state index is 5.96. The summed E-state index contributed by atoms with van der Waals surface area (Å²) < 4.78 is 4.30. The first-order valence-corrected chi connectivity index (χ1v) is 7.99. The van der Waals surface area contributed by atoms with Gasteiger partial charge in [0.15, 0.2) is 5.65 Å². The first kappa shape index (κ1) is 15.4. The smallest absolute Gasteiger partial charge is 0.159 e. The number of rotatable bonds is 6. The van der Waals surface area contributed by atoms with E-state index in [4.69, 9.17) is 16.6 Å². The van der Waals surface area contributed by atoms with Crippen molar-refractivity contribution in [2.24, 2.45) is 7.05 Å². The van der Waals surface area contributed by atoms with Crippen LogP contribution in [0.2, 0.25) is 0 Å². The van der Waals surface area contributed by atoms with E-state index < -0.39 is 0 Å². The topological polar surface area (TPSA) is 35.6 Å².